The molecule has 0 saturated heterocycles. The van der Waals surface area contributed by atoms with Gasteiger partial charge in [-0.15, -0.1) is 0 Å². The van der Waals surface area contributed by atoms with Gasteiger partial charge in [-0.3, -0.25) is 4.79 Å². The number of hydrogen-bond acceptors (Lipinski definition) is 1. The van der Waals surface area contributed by atoms with E-state index >= 15 is 0 Å². The second kappa shape index (κ2) is 5.78. The second-order valence-electron chi connectivity index (χ2n) is 3.75. The van der Waals surface area contributed by atoms with Crippen LogP contribution >= 0.6 is 15.9 Å². The van der Waals surface area contributed by atoms with Crippen molar-refractivity contribution in [3.63, 3.8) is 0 Å². The Labute approximate surface area is 113 Å². The molecule has 92 valence electrons. The van der Waals surface area contributed by atoms with Crippen molar-refractivity contribution in [2.24, 2.45) is 0 Å². The van der Waals surface area contributed by atoms with Crippen molar-refractivity contribution in [1.29, 1.82) is 0 Å². The molecule has 0 saturated carbocycles. The van der Waals surface area contributed by atoms with Crippen LogP contribution in [0, 0.1) is 5.82 Å². The molecule has 18 heavy (non-hydrogen) atoms. The molecular formula is C14H11BrFNO. The molecule has 2 aromatic rings. The van der Waals surface area contributed by atoms with Gasteiger partial charge in [-0.2, -0.15) is 0 Å². The minimum atomic E-state index is -0.354. The number of anilines is 1. The van der Waals surface area contributed by atoms with Crippen molar-refractivity contribution in [3.05, 3.63) is 65.5 Å². The number of carbonyl (C=O) groups excluding carboxylic acids is 1. The molecule has 0 atom stereocenters. The topological polar surface area (TPSA) is 29.1 Å². The molecule has 0 unspecified atom stereocenters. The highest BCUT2D eigenvalue weighted by Crippen LogP contribution is 2.18. The molecule has 0 aromatic heterocycles. The normalized spacial score (nSPS) is 10.1. The quantitative estimate of drug-likeness (QED) is 0.854. The Morgan fingerprint density at radius 1 is 1.11 bits per heavy atom. The summed E-state index contributed by atoms with van der Waals surface area (Å²) in [5, 5.41) is 3.47. The third-order valence-corrected chi connectivity index (χ3v) is 3.12. The molecule has 2 nitrogen and oxygen atoms in total. The Morgan fingerprint density at radius 2 is 1.78 bits per heavy atom. The van der Waals surface area contributed by atoms with Crippen LogP contribution in [0.5, 0.6) is 0 Å². The summed E-state index contributed by atoms with van der Waals surface area (Å²) in [6.07, 6.45) is 0. The summed E-state index contributed by atoms with van der Waals surface area (Å²) < 4.78 is 12.8. The molecule has 0 bridgehead atoms. The molecule has 0 aliphatic rings. The molecule has 4 heteroatoms. The average Bonchev–Trinajstić information content (AvgIpc) is 2.40. The zero-order valence-corrected chi connectivity index (χ0v) is 11.1. The number of nitrogens with one attached hydrogen (secondary N) is 1. The molecule has 0 heterocycles. The summed E-state index contributed by atoms with van der Waals surface area (Å²) in [5.41, 5.74) is 2.18. The lowest BCUT2D eigenvalue weighted by atomic mass is 10.1. The first-order valence-electron chi connectivity index (χ1n) is 5.41. The summed E-state index contributed by atoms with van der Waals surface area (Å²) in [4.78, 5) is 11.9. The highest BCUT2D eigenvalue weighted by atomic mass is 79.9. The maximum absolute atomic E-state index is 12.8. The summed E-state index contributed by atoms with van der Waals surface area (Å²) in [6, 6.07) is 13.0. The molecule has 0 aliphatic carbocycles. The van der Waals surface area contributed by atoms with Crippen molar-refractivity contribution in [3.8, 4) is 0 Å². The van der Waals surface area contributed by atoms with Crippen LogP contribution in [0.4, 0.5) is 10.1 Å². The first-order valence-corrected chi connectivity index (χ1v) is 6.53. The van der Waals surface area contributed by atoms with Gasteiger partial charge in [-0.05, 0) is 35.9 Å². The Kier molecular flexibility index (Phi) is 4.10. The number of para-hydroxylation sites is 1. The van der Waals surface area contributed by atoms with Crippen LogP contribution in [0.25, 0.3) is 0 Å². The lowest BCUT2D eigenvalue weighted by Crippen LogP contribution is -2.12. The SMILES string of the molecule is O=C(Nc1ccccc1CBr)c1ccc(F)cc1. The van der Waals surface area contributed by atoms with Gasteiger partial charge in [0.2, 0.25) is 0 Å². The average molecular weight is 308 g/mol. The van der Waals surface area contributed by atoms with Crippen molar-refractivity contribution in [1.82, 2.24) is 0 Å². The van der Waals surface area contributed by atoms with Crippen LogP contribution in [-0.2, 0) is 5.33 Å². The molecule has 0 spiro atoms. The van der Waals surface area contributed by atoms with Crippen LogP contribution in [0.1, 0.15) is 15.9 Å². The van der Waals surface area contributed by atoms with E-state index in [1.54, 1.807) is 0 Å². The van der Waals surface area contributed by atoms with Crippen molar-refractivity contribution in [2.45, 2.75) is 5.33 Å². The van der Waals surface area contributed by atoms with Crippen LogP contribution < -0.4 is 5.32 Å². The predicted molar refractivity (Wildman–Crippen MR) is 73.4 cm³/mol. The zero-order valence-electron chi connectivity index (χ0n) is 9.49. The van der Waals surface area contributed by atoms with Crippen LogP contribution in [0.15, 0.2) is 48.5 Å². The second-order valence-corrected chi connectivity index (χ2v) is 4.31. The third kappa shape index (κ3) is 2.96. The zero-order chi connectivity index (χ0) is 13.0. The Hall–Kier alpha value is -1.68. The van der Waals surface area contributed by atoms with E-state index < -0.39 is 0 Å². The monoisotopic (exact) mass is 307 g/mol. The maximum atomic E-state index is 12.8. The van der Waals surface area contributed by atoms with Gasteiger partial charge in [0.15, 0.2) is 0 Å². The van der Waals surface area contributed by atoms with E-state index in [9.17, 15) is 9.18 Å². The van der Waals surface area contributed by atoms with Crippen LogP contribution in [0.2, 0.25) is 0 Å². The first kappa shape index (κ1) is 12.8. The Bertz CT molecular complexity index is 554. The van der Waals surface area contributed by atoms with Gasteiger partial charge in [-0.1, -0.05) is 34.1 Å². The van der Waals surface area contributed by atoms with Gasteiger partial charge in [0.25, 0.3) is 5.91 Å². The smallest absolute Gasteiger partial charge is 0.255 e. The maximum Gasteiger partial charge on any atom is 0.255 e. The predicted octanol–water partition coefficient (Wildman–Crippen LogP) is 3.97. The largest absolute Gasteiger partial charge is 0.322 e. The van der Waals surface area contributed by atoms with Gasteiger partial charge in [0.1, 0.15) is 5.82 Å². The molecule has 0 radical (unpaired) electrons. The molecule has 2 aromatic carbocycles. The summed E-state index contributed by atoms with van der Waals surface area (Å²) in [5.74, 6) is -0.601. The lowest BCUT2D eigenvalue weighted by Gasteiger charge is -2.09. The van der Waals surface area contributed by atoms with Crippen molar-refractivity contribution >= 4 is 27.5 Å². The molecule has 2 rings (SSSR count). The van der Waals surface area contributed by atoms with Crippen molar-refractivity contribution < 1.29 is 9.18 Å². The number of amides is 1. The Balaban J connectivity index is 2.18. The number of rotatable bonds is 3. The van der Waals surface area contributed by atoms with E-state index in [1.165, 1.54) is 24.3 Å². The van der Waals surface area contributed by atoms with E-state index in [0.717, 1.165) is 11.3 Å². The van der Waals surface area contributed by atoms with E-state index in [-0.39, 0.29) is 11.7 Å². The fraction of sp³-hybridized carbons (Fsp3) is 0.0714. The van der Waals surface area contributed by atoms with E-state index in [1.807, 2.05) is 24.3 Å². The van der Waals surface area contributed by atoms with Gasteiger partial charge in [0, 0.05) is 16.6 Å². The first-order chi connectivity index (χ1) is 8.70. The number of hydrogen-bond donors (Lipinski definition) is 1. The third-order valence-electron chi connectivity index (χ3n) is 2.52. The number of halogens is 2. The lowest BCUT2D eigenvalue weighted by molar-refractivity contribution is 0.102. The fourth-order valence-electron chi connectivity index (χ4n) is 1.55. The number of alkyl halides is 1. The van der Waals surface area contributed by atoms with Gasteiger partial charge in [-0.25, -0.2) is 4.39 Å². The number of benzene rings is 2. The highest BCUT2D eigenvalue weighted by Gasteiger charge is 2.08. The molecule has 1 N–H and O–H groups in total. The minimum absolute atomic E-state index is 0.247. The summed E-state index contributed by atoms with van der Waals surface area (Å²) in [6.45, 7) is 0. The fourth-order valence-corrected chi connectivity index (χ4v) is 2.04. The van der Waals surface area contributed by atoms with Gasteiger partial charge in [0.05, 0.1) is 0 Å². The Morgan fingerprint density at radius 3 is 2.44 bits per heavy atom. The van der Waals surface area contributed by atoms with Gasteiger partial charge < -0.3 is 5.32 Å². The van der Waals surface area contributed by atoms with E-state index in [4.69, 9.17) is 0 Å². The molecule has 1 amide bonds. The summed E-state index contributed by atoms with van der Waals surface area (Å²) >= 11 is 3.36. The van der Waals surface area contributed by atoms with E-state index in [2.05, 4.69) is 21.2 Å². The standard InChI is InChI=1S/C14H11BrFNO/c15-9-11-3-1-2-4-13(11)17-14(18)10-5-7-12(16)8-6-10/h1-8H,9H2,(H,17,18). The van der Waals surface area contributed by atoms with Crippen LogP contribution in [0.3, 0.4) is 0 Å². The minimum Gasteiger partial charge on any atom is -0.322 e. The van der Waals surface area contributed by atoms with Gasteiger partial charge >= 0.3 is 0 Å². The molecule has 0 fully saturated rings. The highest BCUT2D eigenvalue weighted by molar-refractivity contribution is 9.08. The molecule has 0 aliphatic heterocycles. The van der Waals surface area contributed by atoms with Crippen LogP contribution in [-0.4, -0.2) is 5.91 Å². The van der Waals surface area contributed by atoms with Crippen molar-refractivity contribution in [2.75, 3.05) is 5.32 Å². The van der Waals surface area contributed by atoms with E-state index in [0.29, 0.717) is 10.9 Å². The number of carbonyl (C=O) groups is 1. The molecular weight excluding hydrogens is 297 g/mol. The summed E-state index contributed by atoms with van der Waals surface area (Å²) in [7, 11) is 0.